The first-order valence-corrected chi connectivity index (χ1v) is 9.72. The largest absolute Gasteiger partial charge is 0.312 e. The second-order valence-electron chi connectivity index (χ2n) is 6.58. The molecule has 0 aliphatic heterocycles. The molecule has 0 bridgehead atoms. The number of rotatable bonds is 5. The summed E-state index contributed by atoms with van der Waals surface area (Å²) < 4.78 is 2.33. The lowest BCUT2D eigenvalue weighted by Crippen LogP contribution is -2.33. The molecule has 5 nitrogen and oxygen atoms in total. The van der Waals surface area contributed by atoms with Crippen molar-refractivity contribution < 1.29 is 4.79 Å². The number of hydrogen-bond acceptors (Lipinski definition) is 3. The molecule has 2 aromatic carbocycles. The minimum absolute atomic E-state index is 0.00700. The van der Waals surface area contributed by atoms with Gasteiger partial charge in [-0.15, -0.1) is 0 Å². The van der Waals surface area contributed by atoms with E-state index in [1.807, 2.05) is 45.0 Å². The van der Waals surface area contributed by atoms with Gasteiger partial charge in [-0.1, -0.05) is 28.1 Å². The summed E-state index contributed by atoms with van der Waals surface area (Å²) in [6.07, 6.45) is 1.75. The van der Waals surface area contributed by atoms with Gasteiger partial charge in [0.2, 0.25) is 5.91 Å². The first-order valence-electron chi connectivity index (χ1n) is 8.93. The Labute approximate surface area is 166 Å². The molecule has 0 saturated carbocycles. The van der Waals surface area contributed by atoms with Crippen LogP contribution in [0.5, 0.6) is 0 Å². The molecule has 1 aromatic heterocycles. The molecule has 1 amide bonds. The standard InChI is InChI=1S/C21H22BrN3O2/c1-4-25(19-11-14(2)5-6-15(19)3)20(26)9-10-24-13-23-18-8-7-16(22)12-17(18)21(24)27/h5-8,11-13H,4,9-10H2,1-3H3. The highest BCUT2D eigenvalue weighted by atomic mass is 79.9. The molecule has 1 heterocycles. The molecule has 0 spiro atoms. The number of amides is 1. The number of anilines is 1. The molecule has 0 N–H and O–H groups in total. The van der Waals surface area contributed by atoms with Gasteiger partial charge in [0, 0.05) is 29.7 Å². The van der Waals surface area contributed by atoms with Crippen molar-refractivity contribution in [2.75, 3.05) is 11.4 Å². The molecule has 0 aliphatic carbocycles. The molecule has 0 radical (unpaired) electrons. The predicted octanol–water partition coefficient (Wildman–Crippen LogP) is 4.22. The zero-order valence-corrected chi connectivity index (χ0v) is 17.3. The summed E-state index contributed by atoms with van der Waals surface area (Å²) in [5.74, 6) is -0.00700. The molecular weight excluding hydrogens is 406 g/mol. The summed E-state index contributed by atoms with van der Waals surface area (Å²) in [5, 5.41) is 0.543. The van der Waals surface area contributed by atoms with E-state index in [1.54, 1.807) is 17.0 Å². The lowest BCUT2D eigenvalue weighted by molar-refractivity contribution is -0.118. The first-order chi connectivity index (χ1) is 12.9. The van der Waals surface area contributed by atoms with E-state index in [2.05, 4.69) is 20.9 Å². The second kappa shape index (κ2) is 8.05. The van der Waals surface area contributed by atoms with Gasteiger partial charge in [0.15, 0.2) is 0 Å². The van der Waals surface area contributed by atoms with Crippen LogP contribution in [0.4, 0.5) is 5.69 Å². The minimum Gasteiger partial charge on any atom is -0.312 e. The maximum atomic E-state index is 12.8. The van der Waals surface area contributed by atoms with Crippen LogP contribution >= 0.6 is 15.9 Å². The number of carbonyl (C=O) groups is 1. The number of benzene rings is 2. The van der Waals surface area contributed by atoms with Gasteiger partial charge in [-0.2, -0.15) is 0 Å². The normalized spacial score (nSPS) is 11.0. The molecule has 0 unspecified atom stereocenters. The molecule has 0 atom stereocenters. The van der Waals surface area contributed by atoms with Crippen molar-refractivity contribution in [1.29, 1.82) is 0 Å². The van der Waals surface area contributed by atoms with E-state index in [4.69, 9.17) is 0 Å². The lowest BCUT2D eigenvalue weighted by atomic mass is 10.1. The van der Waals surface area contributed by atoms with Crippen molar-refractivity contribution >= 4 is 38.4 Å². The van der Waals surface area contributed by atoms with Crippen LogP contribution in [-0.2, 0) is 11.3 Å². The maximum Gasteiger partial charge on any atom is 0.261 e. The van der Waals surface area contributed by atoms with Gasteiger partial charge in [0.05, 0.1) is 17.2 Å². The van der Waals surface area contributed by atoms with Crippen molar-refractivity contribution in [1.82, 2.24) is 9.55 Å². The van der Waals surface area contributed by atoms with Gasteiger partial charge in [0.1, 0.15) is 0 Å². The van der Waals surface area contributed by atoms with E-state index < -0.39 is 0 Å². The summed E-state index contributed by atoms with van der Waals surface area (Å²) in [7, 11) is 0. The highest BCUT2D eigenvalue weighted by Gasteiger charge is 2.16. The summed E-state index contributed by atoms with van der Waals surface area (Å²) >= 11 is 3.38. The van der Waals surface area contributed by atoms with E-state index in [0.29, 0.717) is 24.0 Å². The first kappa shape index (κ1) is 19.3. The Morgan fingerprint density at radius 1 is 1.19 bits per heavy atom. The lowest BCUT2D eigenvalue weighted by Gasteiger charge is -2.23. The molecule has 0 saturated heterocycles. The fourth-order valence-corrected chi connectivity index (χ4v) is 3.49. The Hall–Kier alpha value is -2.47. The summed E-state index contributed by atoms with van der Waals surface area (Å²) in [6.45, 7) is 6.86. The fourth-order valence-electron chi connectivity index (χ4n) is 3.13. The van der Waals surface area contributed by atoms with Crippen molar-refractivity contribution in [3.63, 3.8) is 0 Å². The zero-order chi connectivity index (χ0) is 19.6. The quantitative estimate of drug-likeness (QED) is 0.612. The van der Waals surface area contributed by atoms with Crippen molar-refractivity contribution in [2.24, 2.45) is 0 Å². The topological polar surface area (TPSA) is 55.2 Å². The van der Waals surface area contributed by atoms with Crippen LogP contribution in [-0.4, -0.2) is 22.0 Å². The number of halogens is 1. The van der Waals surface area contributed by atoms with Gasteiger partial charge in [0.25, 0.3) is 5.56 Å². The van der Waals surface area contributed by atoms with Crippen molar-refractivity contribution in [3.05, 3.63) is 68.7 Å². The number of carbonyl (C=O) groups excluding carboxylic acids is 1. The van der Waals surface area contributed by atoms with E-state index >= 15 is 0 Å². The van der Waals surface area contributed by atoms with Gasteiger partial charge in [-0.25, -0.2) is 4.98 Å². The van der Waals surface area contributed by atoms with Crippen LogP contribution in [0.25, 0.3) is 10.9 Å². The van der Waals surface area contributed by atoms with E-state index in [-0.39, 0.29) is 17.9 Å². The van der Waals surface area contributed by atoms with Crippen LogP contribution in [0.1, 0.15) is 24.5 Å². The highest BCUT2D eigenvalue weighted by molar-refractivity contribution is 9.10. The molecule has 140 valence electrons. The number of nitrogens with zero attached hydrogens (tertiary/aromatic N) is 3. The monoisotopic (exact) mass is 427 g/mol. The predicted molar refractivity (Wildman–Crippen MR) is 112 cm³/mol. The summed E-state index contributed by atoms with van der Waals surface area (Å²) in [6, 6.07) is 11.5. The number of hydrogen-bond donors (Lipinski definition) is 0. The number of fused-ring (bicyclic) bond motifs is 1. The van der Waals surface area contributed by atoms with E-state index in [9.17, 15) is 9.59 Å². The molecule has 6 heteroatoms. The van der Waals surface area contributed by atoms with E-state index in [1.165, 1.54) is 10.9 Å². The fraction of sp³-hybridized carbons (Fsp3) is 0.286. The Morgan fingerprint density at radius 3 is 2.70 bits per heavy atom. The Morgan fingerprint density at radius 2 is 1.96 bits per heavy atom. The van der Waals surface area contributed by atoms with E-state index in [0.717, 1.165) is 21.3 Å². The smallest absolute Gasteiger partial charge is 0.261 e. The molecule has 27 heavy (non-hydrogen) atoms. The van der Waals surface area contributed by atoms with Crippen LogP contribution in [0, 0.1) is 13.8 Å². The molecule has 0 fully saturated rings. The zero-order valence-electron chi connectivity index (χ0n) is 15.7. The average Bonchev–Trinajstić information content (AvgIpc) is 2.65. The van der Waals surface area contributed by atoms with Gasteiger partial charge in [-0.3, -0.25) is 14.2 Å². The minimum atomic E-state index is -0.135. The van der Waals surface area contributed by atoms with Crippen molar-refractivity contribution in [2.45, 2.75) is 33.7 Å². The third-order valence-corrected chi connectivity index (χ3v) is 5.12. The Bertz CT molecular complexity index is 1060. The van der Waals surface area contributed by atoms with Gasteiger partial charge < -0.3 is 4.90 Å². The number of aromatic nitrogens is 2. The molecule has 0 aliphatic rings. The summed E-state index contributed by atoms with van der Waals surface area (Å²) in [5.41, 5.74) is 3.61. The van der Waals surface area contributed by atoms with Crippen LogP contribution in [0.3, 0.4) is 0 Å². The second-order valence-corrected chi connectivity index (χ2v) is 7.50. The van der Waals surface area contributed by atoms with Crippen LogP contribution in [0.2, 0.25) is 0 Å². The Kier molecular flexibility index (Phi) is 5.75. The third-order valence-electron chi connectivity index (χ3n) is 4.63. The van der Waals surface area contributed by atoms with Gasteiger partial charge in [-0.05, 0) is 56.2 Å². The van der Waals surface area contributed by atoms with Crippen molar-refractivity contribution in [3.8, 4) is 0 Å². The highest BCUT2D eigenvalue weighted by Crippen LogP contribution is 2.22. The summed E-state index contributed by atoms with van der Waals surface area (Å²) in [4.78, 5) is 31.6. The molecule has 3 aromatic rings. The van der Waals surface area contributed by atoms with Crippen LogP contribution < -0.4 is 10.5 Å². The third kappa shape index (κ3) is 4.11. The van der Waals surface area contributed by atoms with Crippen LogP contribution in [0.15, 0.2) is 52.0 Å². The SMILES string of the molecule is CCN(C(=O)CCn1cnc2ccc(Br)cc2c1=O)c1cc(C)ccc1C. The maximum absolute atomic E-state index is 12.8. The molecule has 3 rings (SSSR count). The molecular formula is C21H22BrN3O2. The average molecular weight is 428 g/mol. The van der Waals surface area contributed by atoms with Gasteiger partial charge >= 0.3 is 0 Å². The Balaban J connectivity index is 1.82. The number of aryl methyl sites for hydroxylation is 3.